The molecule has 0 saturated heterocycles. The molecule has 10 aromatic carbocycles. The zero-order chi connectivity index (χ0) is 40.3. The van der Waals surface area contributed by atoms with E-state index in [4.69, 9.17) is 0 Å². The highest BCUT2D eigenvalue weighted by Crippen LogP contribution is 2.57. The minimum absolute atomic E-state index is 0.138. The Kier molecular flexibility index (Phi) is 7.42. The molecule has 60 heavy (non-hydrogen) atoms. The smallest absolute Gasteiger partial charge is 0.0159 e. The second kappa shape index (κ2) is 12.7. The van der Waals surface area contributed by atoms with Crippen molar-refractivity contribution in [1.82, 2.24) is 0 Å². The summed E-state index contributed by atoms with van der Waals surface area (Å²) in [4.78, 5) is 0. The maximum Gasteiger partial charge on any atom is 0.0159 e. The number of fused-ring (bicyclic) bond motifs is 9. The van der Waals surface area contributed by atoms with E-state index in [1.807, 2.05) is 0 Å². The molecule has 0 radical (unpaired) electrons. The van der Waals surface area contributed by atoms with E-state index in [9.17, 15) is 0 Å². The summed E-state index contributed by atoms with van der Waals surface area (Å²) < 4.78 is 0. The fraction of sp³-hybridized carbons (Fsp3) is 0.100. The molecule has 0 spiro atoms. The second-order valence-electron chi connectivity index (χ2n) is 18.0. The first kappa shape index (κ1) is 35.0. The van der Waals surface area contributed by atoms with Crippen LogP contribution >= 0.6 is 0 Å². The molecule has 0 N–H and O–H groups in total. The van der Waals surface area contributed by atoms with Gasteiger partial charge in [-0.2, -0.15) is 0 Å². The predicted molar refractivity (Wildman–Crippen MR) is 256 cm³/mol. The maximum atomic E-state index is 2.58. The second-order valence-corrected chi connectivity index (χ2v) is 18.0. The molecule has 0 saturated carbocycles. The van der Waals surface area contributed by atoms with Crippen molar-refractivity contribution in [2.75, 3.05) is 0 Å². The van der Waals surface area contributed by atoms with Crippen LogP contribution in [0.4, 0.5) is 0 Å². The van der Waals surface area contributed by atoms with Crippen molar-refractivity contribution >= 4 is 32.3 Å². The van der Waals surface area contributed by atoms with Crippen LogP contribution in [0.3, 0.4) is 0 Å². The SMILES string of the molecule is CC1(C)c2ccccc2-c2cc3c(-c4ccc(-c5ccccc5)cc4)c4cc5c(cc4c(-c4cccc6ccccc46)c3cc21)C(C)(C)c1cc(-c2ccccc2)ccc1-5. The third-order valence-corrected chi connectivity index (χ3v) is 14.1. The van der Waals surface area contributed by atoms with Gasteiger partial charge in [0.15, 0.2) is 0 Å². The van der Waals surface area contributed by atoms with Crippen LogP contribution < -0.4 is 0 Å². The molecule has 0 heterocycles. The van der Waals surface area contributed by atoms with Crippen molar-refractivity contribution < 1.29 is 0 Å². The monoisotopic (exact) mass is 764 g/mol. The summed E-state index contributed by atoms with van der Waals surface area (Å²) in [7, 11) is 0. The molecule has 0 atom stereocenters. The van der Waals surface area contributed by atoms with Crippen LogP contribution in [0.5, 0.6) is 0 Å². The number of hydrogen-bond acceptors (Lipinski definition) is 0. The zero-order valence-corrected chi connectivity index (χ0v) is 34.5. The summed E-state index contributed by atoms with van der Waals surface area (Å²) in [6.45, 7) is 9.66. The number of rotatable bonds is 4. The van der Waals surface area contributed by atoms with Crippen molar-refractivity contribution in [3.63, 3.8) is 0 Å². The Hall–Kier alpha value is -7.02. The van der Waals surface area contributed by atoms with Crippen molar-refractivity contribution in [3.8, 4) is 66.8 Å². The summed E-state index contributed by atoms with van der Waals surface area (Å²) in [6, 6.07) is 73.1. The fourth-order valence-electron chi connectivity index (χ4n) is 11.0. The van der Waals surface area contributed by atoms with Gasteiger partial charge in [0, 0.05) is 10.8 Å². The van der Waals surface area contributed by atoms with Gasteiger partial charge in [-0.25, -0.2) is 0 Å². The van der Waals surface area contributed by atoms with Gasteiger partial charge in [0.25, 0.3) is 0 Å². The van der Waals surface area contributed by atoms with E-state index in [0.717, 1.165) is 0 Å². The summed E-state index contributed by atoms with van der Waals surface area (Å²) in [5.41, 5.74) is 20.7. The highest BCUT2D eigenvalue weighted by molar-refractivity contribution is 6.25. The number of benzene rings is 10. The van der Waals surface area contributed by atoms with Crippen molar-refractivity contribution in [3.05, 3.63) is 216 Å². The molecule has 0 bridgehead atoms. The van der Waals surface area contributed by atoms with Crippen LogP contribution in [0.1, 0.15) is 49.9 Å². The average molecular weight is 765 g/mol. The standard InChI is InChI=1S/C60H44/c1-59(2)53-25-14-13-23-44(53)47-33-49-51(35-55(47)59)58(46-24-15-21-40-20-11-12-22-43(40)46)52-36-56-48(45-31-30-42(32-54(45)60(56,3)4)38-18-9-6-10-19-38)34-50(52)57(49)41-28-26-39(27-29-41)37-16-7-5-8-17-37/h5-36H,1-4H3. The summed E-state index contributed by atoms with van der Waals surface area (Å²) in [6.07, 6.45) is 0. The Labute approximate surface area is 352 Å². The third-order valence-electron chi connectivity index (χ3n) is 14.1. The lowest BCUT2D eigenvalue weighted by Crippen LogP contribution is -2.15. The quantitative estimate of drug-likeness (QED) is 0.157. The fourth-order valence-corrected chi connectivity index (χ4v) is 11.0. The lowest BCUT2D eigenvalue weighted by atomic mass is 9.77. The van der Waals surface area contributed by atoms with Gasteiger partial charge >= 0.3 is 0 Å². The Bertz CT molecular complexity index is 3380. The highest BCUT2D eigenvalue weighted by Gasteiger charge is 2.39. The Morgan fingerprint density at radius 1 is 0.250 bits per heavy atom. The van der Waals surface area contributed by atoms with E-state index in [-0.39, 0.29) is 10.8 Å². The minimum atomic E-state index is -0.201. The predicted octanol–water partition coefficient (Wildman–Crippen LogP) is 16.4. The van der Waals surface area contributed by atoms with E-state index >= 15 is 0 Å². The average Bonchev–Trinajstić information content (AvgIpc) is 3.65. The molecule has 12 rings (SSSR count). The lowest BCUT2D eigenvalue weighted by molar-refractivity contribution is 0.661. The van der Waals surface area contributed by atoms with Gasteiger partial charge in [0.05, 0.1) is 0 Å². The van der Waals surface area contributed by atoms with Crippen LogP contribution in [0, 0.1) is 0 Å². The normalized spacial score (nSPS) is 14.3. The first-order chi connectivity index (χ1) is 29.3. The topological polar surface area (TPSA) is 0 Å². The molecule has 0 amide bonds. The first-order valence-electron chi connectivity index (χ1n) is 21.3. The Morgan fingerprint density at radius 2 is 0.700 bits per heavy atom. The Morgan fingerprint density at radius 3 is 1.38 bits per heavy atom. The summed E-state index contributed by atoms with van der Waals surface area (Å²) in [5.74, 6) is 0. The van der Waals surface area contributed by atoms with Crippen molar-refractivity contribution in [2.24, 2.45) is 0 Å². The molecule has 2 aliphatic rings. The molecule has 0 heteroatoms. The minimum Gasteiger partial charge on any atom is -0.0622 e. The van der Waals surface area contributed by atoms with Gasteiger partial charge in [0.2, 0.25) is 0 Å². The van der Waals surface area contributed by atoms with Crippen LogP contribution in [-0.2, 0) is 10.8 Å². The van der Waals surface area contributed by atoms with Gasteiger partial charge < -0.3 is 0 Å². The van der Waals surface area contributed by atoms with Gasteiger partial charge in [-0.15, -0.1) is 0 Å². The number of hydrogen-bond donors (Lipinski definition) is 0. The van der Waals surface area contributed by atoms with Crippen LogP contribution in [0.15, 0.2) is 194 Å². The highest BCUT2D eigenvalue weighted by atomic mass is 14.4. The summed E-state index contributed by atoms with van der Waals surface area (Å²) in [5, 5.41) is 7.73. The molecule has 0 nitrogen and oxygen atoms in total. The van der Waals surface area contributed by atoms with Crippen LogP contribution in [0.25, 0.3) is 99.1 Å². The molecule has 0 aromatic heterocycles. The van der Waals surface area contributed by atoms with Crippen molar-refractivity contribution in [1.29, 1.82) is 0 Å². The van der Waals surface area contributed by atoms with E-state index in [1.54, 1.807) is 0 Å². The molecule has 0 aliphatic heterocycles. The van der Waals surface area contributed by atoms with Crippen LogP contribution in [-0.4, -0.2) is 0 Å². The molecular formula is C60H44. The first-order valence-corrected chi connectivity index (χ1v) is 21.3. The molecular weight excluding hydrogens is 721 g/mol. The van der Waals surface area contributed by atoms with E-state index in [1.165, 1.54) is 121 Å². The van der Waals surface area contributed by atoms with Crippen LogP contribution in [0.2, 0.25) is 0 Å². The zero-order valence-electron chi connectivity index (χ0n) is 34.5. The molecule has 2 aliphatic carbocycles. The van der Waals surface area contributed by atoms with Gasteiger partial charge in [-0.05, 0) is 152 Å². The van der Waals surface area contributed by atoms with Gasteiger partial charge in [0.1, 0.15) is 0 Å². The van der Waals surface area contributed by atoms with Gasteiger partial charge in [-0.1, -0.05) is 191 Å². The molecule has 10 aromatic rings. The van der Waals surface area contributed by atoms with E-state index in [2.05, 4.69) is 222 Å². The van der Waals surface area contributed by atoms with Gasteiger partial charge in [-0.3, -0.25) is 0 Å². The molecule has 0 fully saturated rings. The van der Waals surface area contributed by atoms with Crippen molar-refractivity contribution in [2.45, 2.75) is 38.5 Å². The summed E-state index contributed by atoms with van der Waals surface area (Å²) >= 11 is 0. The molecule has 284 valence electrons. The lowest BCUT2D eigenvalue weighted by Gasteiger charge is -2.26. The molecule has 0 unspecified atom stereocenters. The van der Waals surface area contributed by atoms with E-state index < -0.39 is 0 Å². The largest absolute Gasteiger partial charge is 0.0622 e. The Balaban J connectivity index is 1.23. The van der Waals surface area contributed by atoms with E-state index in [0.29, 0.717) is 0 Å². The third kappa shape index (κ3) is 4.98. The maximum absolute atomic E-state index is 2.58.